The number of carbonyl (C=O) groups is 1. The minimum Gasteiger partial charge on any atom is -0.484 e. The van der Waals surface area contributed by atoms with E-state index in [1.165, 1.54) is 12.1 Å². The Morgan fingerprint density at radius 2 is 2.20 bits per heavy atom. The minimum atomic E-state index is -0.596. The summed E-state index contributed by atoms with van der Waals surface area (Å²) >= 11 is 5.62. The second-order valence-electron chi connectivity index (χ2n) is 6.62. The van der Waals surface area contributed by atoms with Gasteiger partial charge in [-0.25, -0.2) is 4.39 Å². The number of halogens is 2. The van der Waals surface area contributed by atoms with Crippen molar-refractivity contribution in [2.24, 2.45) is 0 Å². The number of piperidine rings is 1. The zero-order valence-electron chi connectivity index (χ0n) is 16.5. The van der Waals surface area contributed by atoms with Gasteiger partial charge in [0.25, 0.3) is 5.91 Å². The van der Waals surface area contributed by atoms with Crippen LogP contribution in [-0.2, 0) is 9.53 Å². The van der Waals surface area contributed by atoms with Gasteiger partial charge >= 0.3 is 6.08 Å². The molecule has 0 unspecified atom stereocenters. The van der Waals surface area contributed by atoms with E-state index in [1.54, 1.807) is 0 Å². The standard InChI is InChI=1S/C19H24ClFN4O5/c1-2-27-7-8-28-19-25-24-18(30-19)16-6-3-12(10-22-16)23-17(26)11-29-13-4-5-14(20)15(21)9-13/h4-5,9,12,16,22H,2-3,6-8,10-11H2,1H3,(H,23,26)/t12-,16+/m0/s1. The van der Waals surface area contributed by atoms with E-state index in [4.69, 9.17) is 30.2 Å². The molecule has 1 fully saturated rings. The van der Waals surface area contributed by atoms with Gasteiger partial charge < -0.3 is 29.3 Å². The maximum Gasteiger partial charge on any atom is 0.414 e. The van der Waals surface area contributed by atoms with Crippen molar-refractivity contribution in [2.45, 2.75) is 31.8 Å². The van der Waals surface area contributed by atoms with Crippen LogP contribution in [0.1, 0.15) is 31.7 Å². The van der Waals surface area contributed by atoms with E-state index in [0.717, 1.165) is 12.5 Å². The summed E-state index contributed by atoms with van der Waals surface area (Å²) in [6, 6.07) is 3.85. The van der Waals surface area contributed by atoms with Crippen molar-refractivity contribution < 1.29 is 27.8 Å². The number of nitrogens with one attached hydrogen (secondary N) is 2. The summed E-state index contributed by atoms with van der Waals surface area (Å²) < 4.78 is 34.7. The molecule has 2 heterocycles. The van der Waals surface area contributed by atoms with Crippen LogP contribution in [0.4, 0.5) is 4.39 Å². The Morgan fingerprint density at radius 3 is 2.93 bits per heavy atom. The Kier molecular flexibility index (Phi) is 8.23. The number of hydrogen-bond donors (Lipinski definition) is 2. The molecule has 0 saturated carbocycles. The number of hydrogen-bond acceptors (Lipinski definition) is 8. The highest BCUT2D eigenvalue weighted by molar-refractivity contribution is 6.30. The Labute approximate surface area is 178 Å². The molecule has 30 heavy (non-hydrogen) atoms. The van der Waals surface area contributed by atoms with Crippen molar-refractivity contribution in [3.63, 3.8) is 0 Å². The lowest BCUT2D eigenvalue weighted by Gasteiger charge is -2.28. The van der Waals surface area contributed by atoms with Gasteiger partial charge in [0.05, 0.1) is 17.7 Å². The number of nitrogens with zero attached hydrogens (tertiary/aromatic N) is 2. The molecule has 11 heteroatoms. The molecule has 1 amide bonds. The van der Waals surface area contributed by atoms with Gasteiger partial charge in [-0.1, -0.05) is 16.7 Å². The first kappa shape index (κ1) is 22.3. The second kappa shape index (κ2) is 11.1. The third kappa shape index (κ3) is 6.54. The largest absolute Gasteiger partial charge is 0.484 e. The van der Waals surface area contributed by atoms with E-state index in [1.807, 2.05) is 6.92 Å². The first-order valence-corrected chi connectivity index (χ1v) is 10.1. The van der Waals surface area contributed by atoms with Gasteiger partial charge in [-0.2, -0.15) is 0 Å². The molecule has 2 atom stereocenters. The highest BCUT2D eigenvalue weighted by Gasteiger charge is 2.27. The third-order valence-electron chi connectivity index (χ3n) is 4.42. The molecule has 3 rings (SSSR count). The molecule has 1 aliphatic heterocycles. The van der Waals surface area contributed by atoms with Crippen LogP contribution in [0.2, 0.25) is 5.02 Å². The van der Waals surface area contributed by atoms with Crippen molar-refractivity contribution in [3.05, 3.63) is 34.9 Å². The minimum absolute atomic E-state index is 0.0000699. The van der Waals surface area contributed by atoms with Crippen LogP contribution < -0.4 is 20.1 Å². The summed E-state index contributed by atoms with van der Waals surface area (Å²) in [5, 5.41) is 14.0. The van der Waals surface area contributed by atoms with Crippen LogP contribution in [0.25, 0.3) is 0 Å². The Bertz CT molecular complexity index is 829. The van der Waals surface area contributed by atoms with Gasteiger partial charge in [0.15, 0.2) is 6.61 Å². The average Bonchev–Trinajstić information content (AvgIpc) is 3.21. The van der Waals surface area contributed by atoms with Gasteiger partial charge in [-0.15, -0.1) is 5.10 Å². The molecule has 9 nitrogen and oxygen atoms in total. The Hall–Kier alpha value is -2.43. The maximum atomic E-state index is 13.4. The highest BCUT2D eigenvalue weighted by atomic mass is 35.5. The van der Waals surface area contributed by atoms with Gasteiger partial charge in [0.2, 0.25) is 5.89 Å². The summed E-state index contributed by atoms with van der Waals surface area (Å²) in [7, 11) is 0. The fourth-order valence-corrected chi connectivity index (χ4v) is 3.04. The summed E-state index contributed by atoms with van der Waals surface area (Å²) in [6.07, 6.45) is 1.54. The van der Waals surface area contributed by atoms with Crippen LogP contribution in [0, 0.1) is 5.82 Å². The molecule has 1 aromatic carbocycles. The second-order valence-corrected chi connectivity index (χ2v) is 7.03. The summed E-state index contributed by atoms with van der Waals surface area (Å²) in [4.78, 5) is 12.1. The van der Waals surface area contributed by atoms with E-state index in [-0.39, 0.29) is 41.4 Å². The van der Waals surface area contributed by atoms with E-state index in [2.05, 4.69) is 20.8 Å². The van der Waals surface area contributed by atoms with Crippen molar-refractivity contribution >= 4 is 17.5 Å². The number of rotatable bonds is 10. The number of aromatic nitrogens is 2. The van der Waals surface area contributed by atoms with Crippen LogP contribution >= 0.6 is 11.6 Å². The Morgan fingerprint density at radius 1 is 1.33 bits per heavy atom. The highest BCUT2D eigenvalue weighted by Crippen LogP contribution is 2.24. The molecule has 1 aliphatic rings. The van der Waals surface area contributed by atoms with Crippen LogP contribution in [0.15, 0.2) is 22.6 Å². The quantitative estimate of drug-likeness (QED) is 0.539. The lowest BCUT2D eigenvalue weighted by Crippen LogP contribution is -2.48. The van der Waals surface area contributed by atoms with E-state index in [9.17, 15) is 9.18 Å². The van der Waals surface area contributed by atoms with Gasteiger partial charge in [-0.05, 0) is 31.9 Å². The van der Waals surface area contributed by atoms with E-state index < -0.39 is 5.82 Å². The molecule has 0 radical (unpaired) electrons. The maximum absolute atomic E-state index is 13.4. The van der Waals surface area contributed by atoms with Crippen molar-refractivity contribution in [3.8, 4) is 11.8 Å². The topological polar surface area (TPSA) is 108 Å². The molecule has 164 valence electrons. The summed E-state index contributed by atoms with van der Waals surface area (Å²) in [6.45, 7) is 3.64. The van der Waals surface area contributed by atoms with Crippen molar-refractivity contribution in [1.29, 1.82) is 0 Å². The molecule has 1 aromatic heterocycles. The lowest BCUT2D eigenvalue weighted by molar-refractivity contribution is -0.124. The third-order valence-corrected chi connectivity index (χ3v) is 4.72. The van der Waals surface area contributed by atoms with Crippen molar-refractivity contribution in [1.82, 2.24) is 20.8 Å². The molecule has 2 aromatic rings. The average molecular weight is 443 g/mol. The number of benzene rings is 1. The molecule has 0 bridgehead atoms. The summed E-state index contributed by atoms with van der Waals surface area (Å²) in [5.74, 6) is -0.205. The van der Waals surface area contributed by atoms with Gasteiger partial charge in [0.1, 0.15) is 18.2 Å². The molecule has 0 spiro atoms. The number of ether oxygens (including phenoxy) is 3. The van der Waals surface area contributed by atoms with Crippen LogP contribution in [0.5, 0.6) is 11.8 Å². The first-order chi connectivity index (χ1) is 14.5. The number of amides is 1. The fraction of sp³-hybridized carbons (Fsp3) is 0.526. The monoisotopic (exact) mass is 442 g/mol. The first-order valence-electron chi connectivity index (χ1n) is 9.69. The fourth-order valence-electron chi connectivity index (χ4n) is 2.93. The molecule has 2 N–H and O–H groups in total. The smallest absolute Gasteiger partial charge is 0.414 e. The normalized spacial score (nSPS) is 18.8. The van der Waals surface area contributed by atoms with E-state index >= 15 is 0 Å². The Balaban J connectivity index is 1.37. The number of carbonyl (C=O) groups excluding carboxylic acids is 1. The lowest BCUT2D eigenvalue weighted by atomic mass is 10.0. The molecular weight excluding hydrogens is 419 g/mol. The van der Waals surface area contributed by atoms with Gasteiger partial charge in [-0.3, -0.25) is 4.79 Å². The van der Waals surface area contributed by atoms with E-state index in [0.29, 0.717) is 38.7 Å². The predicted octanol–water partition coefficient (Wildman–Crippen LogP) is 2.27. The SMILES string of the molecule is CCOCCOc1nnc([C@H]2CC[C@H](NC(=O)COc3ccc(Cl)c(F)c3)CN2)o1. The van der Waals surface area contributed by atoms with Crippen LogP contribution in [0.3, 0.4) is 0 Å². The molecule has 1 saturated heterocycles. The van der Waals surface area contributed by atoms with Crippen molar-refractivity contribution in [2.75, 3.05) is 33.0 Å². The molecular formula is C19H24ClFN4O5. The van der Waals surface area contributed by atoms with Gasteiger partial charge in [0, 0.05) is 25.3 Å². The zero-order chi connectivity index (χ0) is 21.3. The van der Waals surface area contributed by atoms with Crippen LogP contribution in [-0.4, -0.2) is 55.1 Å². The summed E-state index contributed by atoms with van der Waals surface area (Å²) in [5.41, 5.74) is 0. The zero-order valence-corrected chi connectivity index (χ0v) is 17.3. The molecule has 0 aliphatic carbocycles. The predicted molar refractivity (Wildman–Crippen MR) is 105 cm³/mol.